The summed E-state index contributed by atoms with van der Waals surface area (Å²) in [5.41, 5.74) is 5.55. The average Bonchev–Trinajstić information content (AvgIpc) is 3.01. The highest BCUT2D eigenvalue weighted by molar-refractivity contribution is 5.86. The molecule has 0 aliphatic carbocycles. The van der Waals surface area contributed by atoms with Crippen molar-refractivity contribution < 1.29 is 5.11 Å². The molecule has 0 bridgehead atoms. The van der Waals surface area contributed by atoms with Gasteiger partial charge in [0.15, 0.2) is 0 Å². The molecule has 0 saturated carbocycles. The molecule has 5 nitrogen and oxygen atoms in total. The predicted molar refractivity (Wildman–Crippen MR) is 222 cm³/mol. The Morgan fingerprint density at radius 2 is 0.723 bits per heavy atom. The third-order valence-corrected chi connectivity index (χ3v) is 9.11. The fourth-order valence-electron chi connectivity index (χ4n) is 6.11. The van der Waals surface area contributed by atoms with Gasteiger partial charge in [0.05, 0.1) is 0 Å². The Morgan fingerprint density at radius 1 is 0.426 bits per heavy atom. The molecule has 0 amide bonds. The summed E-state index contributed by atoms with van der Waals surface area (Å²) in [6.45, 7) is 11.6. The highest BCUT2D eigenvalue weighted by Gasteiger charge is 2.14. The molecule has 1 unspecified atom stereocenters. The van der Waals surface area contributed by atoms with Gasteiger partial charge in [-0.05, 0) is 71.2 Å². The Morgan fingerprint density at radius 3 is 1.06 bits per heavy atom. The normalized spacial score (nSPS) is 11.4. The summed E-state index contributed by atoms with van der Waals surface area (Å²) < 4.78 is 0. The zero-order chi connectivity index (χ0) is 31.3. The lowest BCUT2D eigenvalue weighted by molar-refractivity contribution is -0.00411. The van der Waals surface area contributed by atoms with Gasteiger partial charge >= 0.3 is 0 Å². The van der Waals surface area contributed by atoms with Gasteiger partial charge < -0.3 is 21.5 Å². The van der Waals surface area contributed by atoms with E-state index in [1.165, 1.54) is 167 Å². The van der Waals surface area contributed by atoms with Crippen LogP contribution in [0.5, 0.6) is 0 Å². The first-order valence-corrected chi connectivity index (χ1v) is 19.8. The molecular formula is C38H86Cl4N4O. The molecule has 47 heavy (non-hydrogen) atoms. The Hall–Kier alpha value is 0.960. The van der Waals surface area contributed by atoms with E-state index in [1.807, 2.05) is 0 Å². The molecule has 292 valence electrons. The van der Waals surface area contributed by atoms with E-state index in [-0.39, 0.29) is 55.9 Å². The van der Waals surface area contributed by atoms with E-state index in [0.717, 1.165) is 58.7 Å². The van der Waals surface area contributed by atoms with Crippen molar-refractivity contribution in [2.24, 2.45) is 5.73 Å². The molecule has 0 aromatic carbocycles. The van der Waals surface area contributed by atoms with Crippen molar-refractivity contribution in [2.45, 2.75) is 200 Å². The van der Waals surface area contributed by atoms with Crippen molar-refractivity contribution in [3.05, 3.63) is 0 Å². The minimum Gasteiger partial charge on any atom is -0.378 e. The summed E-state index contributed by atoms with van der Waals surface area (Å²) in [6, 6.07) is 0. The lowest BCUT2D eigenvalue weighted by Crippen LogP contribution is -2.39. The second kappa shape index (κ2) is 51.3. The van der Waals surface area contributed by atoms with Crippen LogP contribution in [-0.2, 0) is 0 Å². The van der Waals surface area contributed by atoms with Gasteiger partial charge in [0.2, 0.25) is 0 Å². The molecule has 0 fully saturated rings. The van der Waals surface area contributed by atoms with Crippen LogP contribution in [0, 0.1) is 0 Å². The van der Waals surface area contributed by atoms with Gasteiger partial charge in [-0.3, -0.25) is 4.90 Å². The van der Waals surface area contributed by atoms with E-state index in [0.29, 0.717) is 0 Å². The molecule has 0 heterocycles. The third-order valence-electron chi connectivity index (χ3n) is 9.11. The number of unbranched alkanes of at least 4 members (excludes halogenated alkanes) is 23. The maximum Gasteiger partial charge on any atom is 0.108 e. The smallest absolute Gasteiger partial charge is 0.108 e. The highest BCUT2D eigenvalue weighted by Crippen LogP contribution is 2.15. The third kappa shape index (κ3) is 47.0. The standard InChI is InChI=1S/C38H82N4O.4ClH/c1-3-5-7-9-11-13-15-17-19-21-23-27-36-42(37-28-24-22-20-18-16-14-12-10-8-6-4-2)38(43)30-35-41-33-26-25-32-40-34-29-31-39;;;;/h38,40-41,43H,3-37,39H2,1-2H3;4*1H. The van der Waals surface area contributed by atoms with Gasteiger partial charge in [-0.2, -0.15) is 0 Å². The van der Waals surface area contributed by atoms with Crippen molar-refractivity contribution in [3.8, 4) is 0 Å². The van der Waals surface area contributed by atoms with Gasteiger partial charge in [0, 0.05) is 13.1 Å². The summed E-state index contributed by atoms with van der Waals surface area (Å²) in [5.74, 6) is 0. The van der Waals surface area contributed by atoms with Gasteiger partial charge in [-0.15, -0.1) is 49.6 Å². The number of nitrogens with one attached hydrogen (secondary N) is 2. The number of hydrogen-bond acceptors (Lipinski definition) is 5. The first-order valence-electron chi connectivity index (χ1n) is 19.8. The van der Waals surface area contributed by atoms with Crippen LogP contribution in [0.15, 0.2) is 0 Å². The van der Waals surface area contributed by atoms with E-state index >= 15 is 0 Å². The van der Waals surface area contributed by atoms with E-state index in [1.54, 1.807) is 0 Å². The molecule has 0 aliphatic heterocycles. The van der Waals surface area contributed by atoms with Crippen molar-refractivity contribution in [3.63, 3.8) is 0 Å². The van der Waals surface area contributed by atoms with E-state index in [9.17, 15) is 5.11 Å². The zero-order valence-corrected chi connectivity index (χ0v) is 34.7. The van der Waals surface area contributed by atoms with Gasteiger partial charge in [0.25, 0.3) is 0 Å². The SMILES string of the molecule is CCCCCCCCCCCCCCN(CCCCCCCCCCCCCC)C(O)CCNCCCCNCCCN.Cl.Cl.Cl.Cl. The molecule has 0 aromatic rings. The number of halogens is 4. The molecular weight excluding hydrogens is 670 g/mol. The van der Waals surface area contributed by atoms with Crippen LogP contribution >= 0.6 is 49.6 Å². The summed E-state index contributed by atoms with van der Waals surface area (Å²) in [6.07, 6.45) is 37.3. The molecule has 0 aliphatic rings. The Kier molecular flexibility index (Phi) is 62.6. The number of nitrogens with zero attached hydrogens (tertiary/aromatic N) is 1. The van der Waals surface area contributed by atoms with Crippen LogP contribution in [0.1, 0.15) is 194 Å². The molecule has 0 aromatic heterocycles. The maximum absolute atomic E-state index is 11.1. The lowest BCUT2D eigenvalue weighted by atomic mass is 10.0. The minimum atomic E-state index is -0.300. The van der Waals surface area contributed by atoms with Crippen LogP contribution in [0.3, 0.4) is 0 Å². The molecule has 9 heteroatoms. The number of aliphatic hydroxyl groups excluding tert-OH is 1. The molecule has 0 rings (SSSR count). The summed E-state index contributed by atoms with van der Waals surface area (Å²) in [5, 5.41) is 18.1. The predicted octanol–water partition coefficient (Wildman–Crippen LogP) is 11.4. The summed E-state index contributed by atoms with van der Waals surface area (Å²) in [7, 11) is 0. The molecule has 0 radical (unpaired) electrons. The molecule has 5 N–H and O–H groups in total. The van der Waals surface area contributed by atoms with Crippen LogP contribution in [0.25, 0.3) is 0 Å². The van der Waals surface area contributed by atoms with E-state index in [4.69, 9.17) is 5.73 Å². The van der Waals surface area contributed by atoms with Crippen molar-refractivity contribution in [1.29, 1.82) is 0 Å². The topological polar surface area (TPSA) is 73.5 Å². The molecule has 0 saturated heterocycles. The number of hydrogen-bond donors (Lipinski definition) is 4. The minimum absolute atomic E-state index is 0. The fraction of sp³-hybridized carbons (Fsp3) is 1.00. The highest BCUT2D eigenvalue weighted by atomic mass is 35.5. The molecule has 0 spiro atoms. The van der Waals surface area contributed by atoms with Gasteiger partial charge in [-0.25, -0.2) is 0 Å². The second-order valence-corrected chi connectivity index (χ2v) is 13.4. The first kappa shape index (κ1) is 57.3. The summed E-state index contributed by atoms with van der Waals surface area (Å²) >= 11 is 0. The first-order chi connectivity index (χ1) is 21.3. The fourth-order valence-corrected chi connectivity index (χ4v) is 6.11. The van der Waals surface area contributed by atoms with Crippen LogP contribution < -0.4 is 16.4 Å². The number of aliphatic hydroxyl groups is 1. The van der Waals surface area contributed by atoms with Crippen LogP contribution in [-0.4, -0.2) is 62.0 Å². The monoisotopic (exact) mass is 755 g/mol. The quantitative estimate of drug-likeness (QED) is 0.0373. The van der Waals surface area contributed by atoms with E-state index < -0.39 is 0 Å². The van der Waals surface area contributed by atoms with Gasteiger partial charge in [0.1, 0.15) is 6.23 Å². The maximum atomic E-state index is 11.1. The Bertz CT molecular complexity index is 484. The van der Waals surface area contributed by atoms with Crippen molar-refractivity contribution in [2.75, 3.05) is 45.8 Å². The largest absolute Gasteiger partial charge is 0.378 e. The van der Waals surface area contributed by atoms with E-state index in [2.05, 4.69) is 29.4 Å². The molecule has 1 atom stereocenters. The van der Waals surface area contributed by atoms with Gasteiger partial charge in [-0.1, -0.05) is 155 Å². The van der Waals surface area contributed by atoms with Crippen molar-refractivity contribution in [1.82, 2.24) is 15.5 Å². The lowest BCUT2D eigenvalue weighted by Gasteiger charge is -2.28. The average molecular weight is 757 g/mol. The van der Waals surface area contributed by atoms with Crippen LogP contribution in [0.2, 0.25) is 0 Å². The second-order valence-electron chi connectivity index (χ2n) is 13.4. The summed E-state index contributed by atoms with van der Waals surface area (Å²) in [4.78, 5) is 2.40. The van der Waals surface area contributed by atoms with Crippen molar-refractivity contribution >= 4 is 49.6 Å². The zero-order valence-electron chi connectivity index (χ0n) is 31.4. The Balaban J connectivity index is -0.00000147. The van der Waals surface area contributed by atoms with Crippen LogP contribution in [0.4, 0.5) is 0 Å². The Labute approximate surface area is 320 Å². The number of nitrogens with two attached hydrogens (primary N) is 1. The number of rotatable bonds is 38.